The Morgan fingerprint density at radius 3 is 2.00 bits per heavy atom. The van der Waals surface area contributed by atoms with E-state index in [9.17, 15) is 9.50 Å². The van der Waals surface area contributed by atoms with Crippen LogP contribution < -0.4 is 0 Å². The number of phenols is 1. The van der Waals surface area contributed by atoms with Gasteiger partial charge in [0.25, 0.3) is 0 Å². The largest absolute Gasteiger partial charge is 0.508 e. The first-order chi connectivity index (χ1) is 8.18. The van der Waals surface area contributed by atoms with Crippen LogP contribution in [0.1, 0.15) is 17.0 Å². The first-order valence-electron chi connectivity index (χ1n) is 5.36. The summed E-state index contributed by atoms with van der Waals surface area (Å²) in [5.74, 6) is -0.705. The fourth-order valence-electron chi connectivity index (χ4n) is 1.87. The molecule has 0 aromatic heterocycles. The van der Waals surface area contributed by atoms with Crippen LogP contribution in [0.4, 0.5) is 4.39 Å². The highest BCUT2D eigenvalue weighted by atomic mass is 19.1. The Labute approximate surface area is 99.9 Å². The Balaban J connectivity index is 2.43. The lowest BCUT2D eigenvalue weighted by molar-refractivity contribution is 0.474. The molecule has 1 nitrogen and oxygen atoms in total. The van der Waals surface area contributed by atoms with E-state index in [0.29, 0.717) is 0 Å². The lowest BCUT2D eigenvalue weighted by Gasteiger charge is -2.15. The second-order valence-corrected chi connectivity index (χ2v) is 3.88. The van der Waals surface area contributed by atoms with Gasteiger partial charge < -0.3 is 5.11 Å². The number of hydrogen-bond donors (Lipinski definition) is 1. The van der Waals surface area contributed by atoms with E-state index in [0.717, 1.165) is 11.1 Å². The van der Waals surface area contributed by atoms with E-state index in [2.05, 4.69) is 6.58 Å². The monoisotopic (exact) mass is 228 g/mol. The van der Waals surface area contributed by atoms with Gasteiger partial charge in [-0.3, -0.25) is 0 Å². The molecule has 2 aromatic carbocycles. The highest BCUT2D eigenvalue weighted by Gasteiger charge is 2.17. The van der Waals surface area contributed by atoms with Gasteiger partial charge in [-0.1, -0.05) is 49.0 Å². The van der Waals surface area contributed by atoms with Gasteiger partial charge in [0.15, 0.2) is 0 Å². The van der Waals surface area contributed by atoms with Crippen molar-refractivity contribution in [3.63, 3.8) is 0 Å². The molecule has 0 saturated heterocycles. The van der Waals surface area contributed by atoms with Gasteiger partial charge in [0.05, 0.1) is 5.92 Å². The topological polar surface area (TPSA) is 20.2 Å². The Morgan fingerprint density at radius 1 is 0.941 bits per heavy atom. The Kier molecular flexibility index (Phi) is 3.24. The van der Waals surface area contributed by atoms with Crippen molar-refractivity contribution in [2.45, 2.75) is 5.92 Å². The van der Waals surface area contributed by atoms with Gasteiger partial charge in [-0.05, 0) is 23.3 Å². The van der Waals surface area contributed by atoms with Gasteiger partial charge in [0.1, 0.15) is 11.6 Å². The van der Waals surface area contributed by atoms with Gasteiger partial charge in [0.2, 0.25) is 0 Å². The average molecular weight is 228 g/mol. The molecule has 0 radical (unpaired) electrons. The molecule has 0 unspecified atom stereocenters. The molecule has 0 amide bonds. The third-order valence-electron chi connectivity index (χ3n) is 2.67. The number of benzene rings is 2. The van der Waals surface area contributed by atoms with Crippen LogP contribution in [0.15, 0.2) is 67.0 Å². The maximum Gasteiger partial charge on any atom is 0.115 e. The highest BCUT2D eigenvalue weighted by molar-refractivity contribution is 5.40. The lowest BCUT2D eigenvalue weighted by atomic mass is 9.90. The van der Waals surface area contributed by atoms with E-state index in [-0.39, 0.29) is 5.75 Å². The molecule has 0 bridgehead atoms. The second kappa shape index (κ2) is 4.83. The first kappa shape index (κ1) is 11.4. The van der Waals surface area contributed by atoms with Gasteiger partial charge in [-0.25, -0.2) is 4.39 Å². The van der Waals surface area contributed by atoms with Crippen molar-refractivity contribution in [1.29, 1.82) is 0 Å². The van der Waals surface area contributed by atoms with Crippen molar-refractivity contribution >= 4 is 0 Å². The van der Waals surface area contributed by atoms with Crippen LogP contribution in [0.2, 0.25) is 0 Å². The first-order valence-corrected chi connectivity index (χ1v) is 5.36. The summed E-state index contributed by atoms with van der Waals surface area (Å²) in [5, 5.41) is 9.23. The van der Waals surface area contributed by atoms with E-state index < -0.39 is 11.7 Å². The lowest BCUT2D eigenvalue weighted by Crippen LogP contribution is -2.00. The zero-order valence-electron chi connectivity index (χ0n) is 9.31. The molecule has 1 atom stereocenters. The Morgan fingerprint density at radius 2 is 1.47 bits per heavy atom. The molecule has 1 N–H and O–H groups in total. The van der Waals surface area contributed by atoms with Gasteiger partial charge in [0, 0.05) is 0 Å². The molecular formula is C15H13FO. The summed E-state index contributed by atoms with van der Waals surface area (Å²) in [6.45, 7) is 3.40. The zero-order chi connectivity index (χ0) is 12.3. The minimum atomic E-state index is -0.475. The molecule has 0 heterocycles. The molecule has 17 heavy (non-hydrogen) atoms. The van der Waals surface area contributed by atoms with Gasteiger partial charge in [-0.2, -0.15) is 0 Å². The zero-order valence-corrected chi connectivity index (χ0v) is 9.31. The average Bonchev–Trinajstić information content (AvgIpc) is 2.33. The summed E-state index contributed by atoms with van der Waals surface area (Å²) in [7, 11) is 0. The number of allylic oxidation sites excluding steroid dienone is 1. The second-order valence-electron chi connectivity index (χ2n) is 3.88. The van der Waals surface area contributed by atoms with Crippen molar-refractivity contribution in [3.05, 3.63) is 78.1 Å². The van der Waals surface area contributed by atoms with Crippen LogP contribution >= 0.6 is 0 Å². The SMILES string of the molecule is C=C(F)[C@@H](c1ccccc1)c1ccc(O)cc1. The fourth-order valence-corrected chi connectivity index (χ4v) is 1.87. The molecule has 2 rings (SSSR count). The maximum absolute atomic E-state index is 13.6. The molecule has 2 heteroatoms. The molecular weight excluding hydrogens is 215 g/mol. The minimum absolute atomic E-state index is 0.171. The molecule has 0 aliphatic carbocycles. The predicted molar refractivity (Wildman–Crippen MR) is 66.6 cm³/mol. The maximum atomic E-state index is 13.6. The van der Waals surface area contributed by atoms with Crippen molar-refractivity contribution < 1.29 is 9.50 Å². The van der Waals surface area contributed by atoms with Crippen molar-refractivity contribution in [2.75, 3.05) is 0 Å². The molecule has 0 aliphatic rings. The smallest absolute Gasteiger partial charge is 0.115 e. The Bertz CT molecular complexity index is 502. The number of aromatic hydroxyl groups is 1. The van der Waals surface area contributed by atoms with Crippen LogP contribution in [-0.2, 0) is 0 Å². The summed E-state index contributed by atoms with van der Waals surface area (Å²) >= 11 is 0. The summed E-state index contributed by atoms with van der Waals surface area (Å²) in [6.07, 6.45) is 0. The number of halogens is 1. The molecule has 0 aliphatic heterocycles. The van der Waals surface area contributed by atoms with Gasteiger partial charge in [-0.15, -0.1) is 0 Å². The minimum Gasteiger partial charge on any atom is -0.508 e. The third kappa shape index (κ3) is 2.53. The number of phenolic OH excluding ortho intramolecular Hbond substituents is 1. The Hall–Kier alpha value is -2.09. The standard InChI is InChI=1S/C15H13FO/c1-11(16)15(12-5-3-2-4-6-12)13-7-9-14(17)10-8-13/h2-10,15,17H,1H2/t15-/m0/s1. The van der Waals surface area contributed by atoms with Crippen LogP contribution in [0.5, 0.6) is 5.75 Å². The van der Waals surface area contributed by atoms with Crippen LogP contribution in [-0.4, -0.2) is 5.11 Å². The summed E-state index contributed by atoms with van der Waals surface area (Å²) in [6, 6.07) is 15.9. The van der Waals surface area contributed by atoms with Crippen molar-refractivity contribution in [3.8, 4) is 5.75 Å². The molecule has 0 saturated carbocycles. The van der Waals surface area contributed by atoms with Crippen molar-refractivity contribution in [2.24, 2.45) is 0 Å². The summed E-state index contributed by atoms with van der Waals surface area (Å²) < 4.78 is 13.6. The number of hydrogen-bond acceptors (Lipinski definition) is 1. The molecule has 0 spiro atoms. The van der Waals surface area contributed by atoms with E-state index in [1.54, 1.807) is 24.3 Å². The van der Waals surface area contributed by atoms with Gasteiger partial charge >= 0.3 is 0 Å². The fraction of sp³-hybridized carbons (Fsp3) is 0.0667. The molecule has 86 valence electrons. The third-order valence-corrected chi connectivity index (χ3v) is 2.67. The van der Waals surface area contributed by atoms with E-state index in [4.69, 9.17) is 0 Å². The summed E-state index contributed by atoms with van der Waals surface area (Å²) in [5.41, 5.74) is 1.63. The van der Waals surface area contributed by atoms with Crippen LogP contribution in [0, 0.1) is 0 Å². The molecule has 2 aromatic rings. The summed E-state index contributed by atoms with van der Waals surface area (Å²) in [4.78, 5) is 0. The van der Waals surface area contributed by atoms with E-state index in [1.165, 1.54) is 0 Å². The van der Waals surface area contributed by atoms with Crippen LogP contribution in [0.25, 0.3) is 0 Å². The quantitative estimate of drug-likeness (QED) is 0.841. The van der Waals surface area contributed by atoms with E-state index >= 15 is 0 Å². The highest BCUT2D eigenvalue weighted by Crippen LogP contribution is 2.32. The van der Waals surface area contributed by atoms with Crippen molar-refractivity contribution in [1.82, 2.24) is 0 Å². The normalized spacial score (nSPS) is 12.1. The predicted octanol–water partition coefficient (Wildman–Crippen LogP) is 4.01. The van der Waals surface area contributed by atoms with Crippen LogP contribution in [0.3, 0.4) is 0 Å². The number of rotatable bonds is 3. The van der Waals surface area contributed by atoms with E-state index in [1.807, 2.05) is 30.3 Å². The molecule has 0 fully saturated rings.